The summed E-state index contributed by atoms with van der Waals surface area (Å²) in [6.07, 6.45) is 2.74. The van der Waals surface area contributed by atoms with Crippen LogP contribution in [0.15, 0.2) is 18.2 Å². The second-order valence-corrected chi connectivity index (χ2v) is 4.13. The molecule has 4 nitrogen and oxygen atoms in total. The number of rotatable bonds is 5. The van der Waals surface area contributed by atoms with E-state index in [1.54, 1.807) is 0 Å². The van der Waals surface area contributed by atoms with Crippen LogP contribution in [0.3, 0.4) is 0 Å². The van der Waals surface area contributed by atoms with Crippen molar-refractivity contribution in [1.82, 2.24) is 0 Å². The van der Waals surface area contributed by atoms with E-state index in [1.165, 1.54) is 18.2 Å². The fraction of sp³-hybridized carbons (Fsp3) is 0.455. The predicted octanol–water partition coefficient (Wildman–Crippen LogP) is 0.899. The van der Waals surface area contributed by atoms with Gasteiger partial charge in [0.15, 0.2) is 11.5 Å². The SMILES string of the molecule is OB(O)c1ccc(OC(F)F)c(OC2CCC2)c1. The van der Waals surface area contributed by atoms with Gasteiger partial charge in [-0.2, -0.15) is 8.78 Å². The molecule has 1 aliphatic rings. The zero-order chi connectivity index (χ0) is 13.1. The van der Waals surface area contributed by atoms with Gasteiger partial charge in [-0.15, -0.1) is 0 Å². The molecule has 1 fully saturated rings. The minimum atomic E-state index is -2.95. The normalized spacial score (nSPS) is 15.4. The highest BCUT2D eigenvalue weighted by atomic mass is 19.3. The quantitative estimate of drug-likeness (QED) is 0.770. The summed E-state index contributed by atoms with van der Waals surface area (Å²) in [7, 11) is -1.67. The van der Waals surface area contributed by atoms with Crippen molar-refractivity contribution < 1.29 is 28.3 Å². The first-order valence-electron chi connectivity index (χ1n) is 5.68. The summed E-state index contributed by atoms with van der Waals surface area (Å²) >= 11 is 0. The fourth-order valence-corrected chi connectivity index (χ4v) is 1.64. The molecular formula is C11H13BF2O4. The molecule has 0 atom stereocenters. The lowest BCUT2D eigenvalue weighted by Crippen LogP contribution is -2.31. The molecule has 0 radical (unpaired) electrons. The largest absolute Gasteiger partial charge is 0.488 e. The number of halogens is 2. The van der Waals surface area contributed by atoms with Crippen LogP contribution < -0.4 is 14.9 Å². The number of ether oxygens (including phenoxy) is 2. The predicted molar refractivity (Wildman–Crippen MR) is 61.2 cm³/mol. The van der Waals surface area contributed by atoms with Crippen LogP contribution in [0.4, 0.5) is 8.78 Å². The maximum atomic E-state index is 12.2. The van der Waals surface area contributed by atoms with E-state index in [9.17, 15) is 8.78 Å². The van der Waals surface area contributed by atoms with Crippen molar-refractivity contribution in [3.05, 3.63) is 18.2 Å². The van der Waals surface area contributed by atoms with Crippen LogP contribution in [-0.4, -0.2) is 29.9 Å². The van der Waals surface area contributed by atoms with Crippen LogP contribution >= 0.6 is 0 Å². The first-order valence-corrected chi connectivity index (χ1v) is 5.68. The van der Waals surface area contributed by atoms with Crippen LogP contribution in [-0.2, 0) is 0 Å². The maximum Gasteiger partial charge on any atom is 0.488 e. The van der Waals surface area contributed by atoms with Crippen LogP contribution in [0, 0.1) is 0 Å². The molecule has 2 rings (SSSR count). The van der Waals surface area contributed by atoms with Crippen molar-refractivity contribution in [2.75, 3.05) is 0 Å². The van der Waals surface area contributed by atoms with Gasteiger partial charge < -0.3 is 19.5 Å². The molecule has 0 aliphatic heterocycles. The Bertz CT molecular complexity index is 410. The fourth-order valence-electron chi connectivity index (χ4n) is 1.64. The first kappa shape index (κ1) is 13.1. The lowest BCUT2D eigenvalue weighted by Gasteiger charge is -2.27. The van der Waals surface area contributed by atoms with E-state index in [0.29, 0.717) is 0 Å². The highest BCUT2D eigenvalue weighted by Gasteiger charge is 2.23. The Balaban J connectivity index is 2.20. The summed E-state index contributed by atoms with van der Waals surface area (Å²) < 4.78 is 34.3. The zero-order valence-corrected chi connectivity index (χ0v) is 9.55. The topological polar surface area (TPSA) is 58.9 Å². The second-order valence-electron chi connectivity index (χ2n) is 4.13. The molecule has 7 heteroatoms. The molecule has 1 aromatic rings. The van der Waals surface area contributed by atoms with E-state index in [2.05, 4.69) is 4.74 Å². The molecule has 0 bridgehead atoms. The van der Waals surface area contributed by atoms with Crippen LogP contribution in [0.25, 0.3) is 0 Å². The summed E-state index contributed by atoms with van der Waals surface area (Å²) in [6.45, 7) is -2.95. The molecule has 0 saturated heterocycles. The molecule has 18 heavy (non-hydrogen) atoms. The van der Waals surface area contributed by atoms with Crippen molar-refractivity contribution in [3.8, 4) is 11.5 Å². The molecule has 0 amide bonds. The summed E-state index contributed by atoms with van der Waals surface area (Å²) in [5, 5.41) is 18.1. The molecule has 1 aliphatic carbocycles. The van der Waals surface area contributed by atoms with Gasteiger partial charge in [0.05, 0.1) is 6.10 Å². The summed E-state index contributed by atoms with van der Waals surface area (Å²) in [5.74, 6) is 0.0203. The third kappa shape index (κ3) is 3.11. The highest BCUT2D eigenvalue weighted by molar-refractivity contribution is 6.58. The standard InChI is InChI=1S/C11H13BF2O4/c13-11(14)18-9-5-4-7(12(15)16)6-10(9)17-8-2-1-3-8/h4-6,8,11,15-16H,1-3H2. The summed E-state index contributed by atoms with van der Waals surface area (Å²) in [6, 6.07) is 3.85. The molecule has 0 aromatic heterocycles. The Kier molecular flexibility index (Phi) is 4.03. The molecule has 0 heterocycles. The molecule has 1 aromatic carbocycles. The van der Waals surface area contributed by atoms with E-state index < -0.39 is 13.7 Å². The second kappa shape index (κ2) is 5.54. The molecule has 1 saturated carbocycles. The van der Waals surface area contributed by atoms with Gasteiger partial charge in [-0.25, -0.2) is 0 Å². The Morgan fingerprint density at radius 2 is 1.94 bits per heavy atom. The van der Waals surface area contributed by atoms with Crippen molar-refractivity contribution in [2.45, 2.75) is 32.0 Å². The first-order chi connectivity index (χ1) is 8.56. The highest BCUT2D eigenvalue weighted by Crippen LogP contribution is 2.32. The summed E-state index contributed by atoms with van der Waals surface area (Å²) in [4.78, 5) is 0. The Morgan fingerprint density at radius 1 is 1.22 bits per heavy atom. The monoisotopic (exact) mass is 258 g/mol. The number of alkyl halides is 2. The van der Waals surface area contributed by atoms with Crippen molar-refractivity contribution >= 4 is 12.6 Å². The van der Waals surface area contributed by atoms with Gasteiger partial charge >= 0.3 is 13.7 Å². The molecule has 2 N–H and O–H groups in total. The van der Waals surface area contributed by atoms with Gasteiger partial charge in [-0.3, -0.25) is 0 Å². The van der Waals surface area contributed by atoms with Crippen molar-refractivity contribution in [3.63, 3.8) is 0 Å². The van der Waals surface area contributed by atoms with Gasteiger partial charge in [-0.05, 0) is 36.9 Å². The summed E-state index contributed by atoms with van der Waals surface area (Å²) in [5.41, 5.74) is 0.172. The minimum Gasteiger partial charge on any atom is -0.487 e. The van der Waals surface area contributed by atoms with E-state index in [4.69, 9.17) is 14.8 Å². The van der Waals surface area contributed by atoms with Gasteiger partial charge in [0.25, 0.3) is 0 Å². The number of hydrogen-bond donors (Lipinski definition) is 2. The Hall–Kier alpha value is -1.34. The smallest absolute Gasteiger partial charge is 0.487 e. The van der Waals surface area contributed by atoms with E-state index >= 15 is 0 Å². The lowest BCUT2D eigenvalue weighted by atomic mass is 9.80. The van der Waals surface area contributed by atoms with Crippen LogP contribution in [0.5, 0.6) is 11.5 Å². The third-order valence-corrected chi connectivity index (χ3v) is 2.83. The van der Waals surface area contributed by atoms with Crippen LogP contribution in [0.1, 0.15) is 19.3 Å². The molecule has 98 valence electrons. The molecular weight excluding hydrogens is 245 g/mol. The van der Waals surface area contributed by atoms with Gasteiger partial charge in [0.1, 0.15) is 0 Å². The van der Waals surface area contributed by atoms with E-state index in [1.807, 2.05) is 0 Å². The lowest BCUT2D eigenvalue weighted by molar-refractivity contribution is -0.0526. The zero-order valence-electron chi connectivity index (χ0n) is 9.55. The minimum absolute atomic E-state index is 0.0175. The van der Waals surface area contributed by atoms with Gasteiger partial charge in [0.2, 0.25) is 0 Å². The number of hydrogen-bond acceptors (Lipinski definition) is 4. The maximum absolute atomic E-state index is 12.2. The average molecular weight is 258 g/mol. The van der Waals surface area contributed by atoms with Crippen molar-refractivity contribution in [2.24, 2.45) is 0 Å². The third-order valence-electron chi connectivity index (χ3n) is 2.83. The van der Waals surface area contributed by atoms with Gasteiger partial charge in [-0.1, -0.05) is 6.07 Å². The van der Waals surface area contributed by atoms with Gasteiger partial charge in [0, 0.05) is 0 Å². The molecule has 0 unspecified atom stereocenters. The molecule has 0 spiro atoms. The Labute approximate surface area is 103 Å². The average Bonchev–Trinajstić information content (AvgIpc) is 2.24. The van der Waals surface area contributed by atoms with E-state index in [-0.39, 0.29) is 23.1 Å². The Morgan fingerprint density at radius 3 is 2.44 bits per heavy atom. The number of benzene rings is 1. The van der Waals surface area contributed by atoms with Crippen LogP contribution in [0.2, 0.25) is 0 Å². The van der Waals surface area contributed by atoms with Crippen molar-refractivity contribution in [1.29, 1.82) is 0 Å². The van der Waals surface area contributed by atoms with E-state index in [0.717, 1.165) is 19.3 Å².